The summed E-state index contributed by atoms with van der Waals surface area (Å²) in [6, 6.07) is 0. The summed E-state index contributed by atoms with van der Waals surface area (Å²) >= 11 is 0. The molecule has 0 spiro atoms. The first-order chi connectivity index (χ1) is 40.9. The molecule has 0 aromatic heterocycles. The Labute approximate surface area is 556 Å². The standard InChI is InChI=1S/C10H22N2.C9H20N2.C9H19NO.C7H17N.C7H16.C6H14O2.C6H14O.C6H12.C6H14.C5H13N.C5H10O/c1-10(2)4-5-12-8-6-11(3)7-9-12;1-9(2)3-6-11-7-4-10-5-8-11;1-9(2)3-4-10-5-7-11-8-6-10;1-7(2)5-6-8(3)4;1-4-5-6-7(2)3;1-5(2)3-6(8)4-7;1-6(2)4-5-7-3;1-5(2)6-3-4-6;1-5(2)6(3)4;1-5(2)3-4-6;1-4(2)5(3)6/h10H,4-9H2,1-3H3;9-10H,3-8H2,1-2H3;9H,3-8H2,1-2H3;7H,5-6H2,1-4H3;7H,4-6H2,1-3H3;5-8H,3-4H2,1-2H3;6H,4-5H2,1-3H3;5-6H,3-4H2,1-2H3;5-6H,1-4H3;5H,3-4,6H2,1-2H3;4H,1-3H3. The Bertz CT molecular complexity index is 1230. The number of Topliss-reactive ketones (excluding diaryl/α,β-unsaturated/α-hetero) is 1. The largest absolute Gasteiger partial charge is 0.394 e. The van der Waals surface area contributed by atoms with E-state index in [9.17, 15) is 4.79 Å². The fourth-order valence-corrected chi connectivity index (χ4v) is 7.35. The van der Waals surface area contributed by atoms with Crippen molar-refractivity contribution in [3.63, 3.8) is 0 Å². The molecule has 4 aliphatic rings. The lowest BCUT2D eigenvalue weighted by atomic mass is 10.0. The number of piperazine rings is 2. The number of ether oxygens (including phenoxy) is 2. The van der Waals surface area contributed by atoms with Crippen LogP contribution in [0.2, 0.25) is 0 Å². The highest BCUT2D eigenvalue weighted by atomic mass is 16.5. The van der Waals surface area contributed by atoms with Crippen LogP contribution in [-0.2, 0) is 14.3 Å². The second-order valence-electron chi connectivity index (χ2n) is 30.7. The Morgan fingerprint density at radius 2 is 0.943 bits per heavy atom. The topological polar surface area (TPSA) is 130 Å². The fourth-order valence-electron chi connectivity index (χ4n) is 7.35. The maximum Gasteiger partial charge on any atom is 0.132 e. The van der Waals surface area contributed by atoms with Crippen molar-refractivity contribution in [1.29, 1.82) is 0 Å². The molecule has 5 N–H and O–H groups in total. The molecule has 3 aliphatic heterocycles. The van der Waals surface area contributed by atoms with Gasteiger partial charge in [-0.1, -0.05) is 192 Å². The lowest BCUT2D eigenvalue weighted by Gasteiger charge is -2.32. The molecule has 1 saturated carbocycles. The Balaban J connectivity index is -0.000000166. The lowest BCUT2D eigenvalue weighted by Crippen LogP contribution is -2.44. The summed E-state index contributed by atoms with van der Waals surface area (Å²) in [6.45, 7) is 77.4. The van der Waals surface area contributed by atoms with Gasteiger partial charge >= 0.3 is 0 Å². The number of nitrogens with zero attached hydrogens (tertiary/aromatic N) is 5. The van der Waals surface area contributed by atoms with Gasteiger partial charge in [0.15, 0.2) is 0 Å². The Morgan fingerprint density at radius 3 is 1.15 bits per heavy atom. The van der Waals surface area contributed by atoms with Crippen LogP contribution in [0.4, 0.5) is 0 Å². The third kappa shape index (κ3) is 101. The predicted molar refractivity (Wildman–Crippen MR) is 396 cm³/mol. The van der Waals surface area contributed by atoms with Crippen LogP contribution in [0.25, 0.3) is 0 Å². The highest BCUT2D eigenvalue weighted by Crippen LogP contribution is 2.35. The Hall–Kier alpha value is -0.770. The minimum Gasteiger partial charge on any atom is -0.394 e. The first-order valence-corrected chi connectivity index (χ1v) is 36.7. The molecular weight excluding hydrogens is 1090 g/mol. The number of hydrogen-bond acceptors (Lipinski definition) is 12. The number of methoxy groups -OCH3 is 1. The van der Waals surface area contributed by atoms with Crippen molar-refractivity contribution in [2.45, 2.75) is 263 Å². The molecule has 0 radical (unpaired) electrons. The molecule has 12 nitrogen and oxygen atoms in total. The van der Waals surface area contributed by atoms with E-state index >= 15 is 0 Å². The summed E-state index contributed by atoms with van der Waals surface area (Å²) in [5.74, 6) is 10.5. The summed E-state index contributed by atoms with van der Waals surface area (Å²) in [6.07, 6.45) is 15.0. The third-order valence-electron chi connectivity index (χ3n) is 15.6. The zero-order valence-electron chi connectivity index (χ0n) is 65.9. The second kappa shape index (κ2) is 72.1. The van der Waals surface area contributed by atoms with E-state index in [1.807, 2.05) is 27.7 Å². The van der Waals surface area contributed by atoms with Crippen molar-refractivity contribution in [2.75, 3.05) is 153 Å². The molecule has 0 aromatic carbocycles. The van der Waals surface area contributed by atoms with Crippen molar-refractivity contribution in [1.82, 2.24) is 29.8 Å². The first kappa shape index (κ1) is 101. The van der Waals surface area contributed by atoms with E-state index in [0.29, 0.717) is 12.3 Å². The number of unbranched alkanes of at least 4 members (excludes halogenated alkanes) is 1. The van der Waals surface area contributed by atoms with Crippen LogP contribution in [0, 0.1) is 76.9 Å². The Morgan fingerprint density at radius 1 is 0.568 bits per heavy atom. The minimum atomic E-state index is -0.519. The van der Waals surface area contributed by atoms with Gasteiger partial charge in [-0.15, -0.1) is 0 Å². The van der Waals surface area contributed by atoms with Crippen LogP contribution in [0.3, 0.4) is 0 Å². The SMILES string of the molecule is CC(=O)C(C)C.CC(C)C(C)C.CC(C)C1CC1.CC(C)CC(O)CO.CC(C)CCN.CC(C)CCN(C)C.CC(C)CCN1CCN(C)CC1.CC(C)CCN1CCNCC1.CC(C)CCN1CCOCC1.CCCCC(C)C.COCCC(C)C. The zero-order valence-corrected chi connectivity index (χ0v) is 65.9. The molecule has 3 heterocycles. The fraction of sp³-hybridized carbons (Fsp3) is 0.987. The number of carbonyl (C=O) groups is 1. The van der Waals surface area contributed by atoms with Gasteiger partial charge in [-0.05, 0) is 190 Å². The van der Waals surface area contributed by atoms with Gasteiger partial charge < -0.3 is 50.3 Å². The van der Waals surface area contributed by atoms with E-state index in [-0.39, 0.29) is 18.3 Å². The lowest BCUT2D eigenvalue weighted by molar-refractivity contribution is -0.119. The first-order valence-electron chi connectivity index (χ1n) is 36.7. The van der Waals surface area contributed by atoms with Crippen molar-refractivity contribution < 1.29 is 24.5 Å². The predicted octanol–water partition coefficient (Wildman–Crippen LogP) is 16.6. The number of ketones is 1. The maximum atomic E-state index is 10.1. The van der Waals surface area contributed by atoms with Crippen molar-refractivity contribution in [2.24, 2.45) is 82.7 Å². The highest BCUT2D eigenvalue weighted by Gasteiger charge is 2.24. The van der Waals surface area contributed by atoms with Crippen LogP contribution in [-0.4, -0.2) is 199 Å². The van der Waals surface area contributed by atoms with Crippen molar-refractivity contribution >= 4 is 5.78 Å². The smallest absolute Gasteiger partial charge is 0.132 e. The third-order valence-corrected chi connectivity index (χ3v) is 15.6. The number of nitrogens with two attached hydrogens (primary N) is 1. The number of hydrogen-bond donors (Lipinski definition) is 4. The molecule has 0 bridgehead atoms. The van der Waals surface area contributed by atoms with Crippen LogP contribution in [0.1, 0.15) is 257 Å². The number of morpholine rings is 1. The summed E-state index contributed by atoms with van der Waals surface area (Å²) in [5, 5.41) is 20.5. The summed E-state index contributed by atoms with van der Waals surface area (Å²) in [4.78, 5) is 22.4. The number of aliphatic hydroxyl groups excluding tert-OH is 2. The van der Waals surface area contributed by atoms with Crippen LogP contribution >= 0.6 is 0 Å². The van der Waals surface area contributed by atoms with Gasteiger partial charge in [0, 0.05) is 85.1 Å². The molecule has 3 saturated heterocycles. The molecular formula is C76H171N7O5. The van der Waals surface area contributed by atoms with Gasteiger partial charge in [0.05, 0.1) is 25.9 Å². The number of rotatable bonds is 26. The molecule has 4 fully saturated rings. The molecule has 1 unspecified atom stereocenters. The van der Waals surface area contributed by atoms with E-state index < -0.39 is 6.10 Å². The molecule has 540 valence electrons. The number of aliphatic hydroxyl groups is 2. The van der Waals surface area contributed by atoms with E-state index in [1.165, 1.54) is 143 Å². The van der Waals surface area contributed by atoms with Gasteiger partial charge in [-0.2, -0.15) is 0 Å². The van der Waals surface area contributed by atoms with Crippen LogP contribution in [0.5, 0.6) is 0 Å². The average Bonchev–Trinajstić information content (AvgIpc) is 4.37. The van der Waals surface area contributed by atoms with E-state index in [1.54, 1.807) is 14.0 Å². The van der Waals surface area contributed by atoms with Gasteiger partial charge in [0.25, 0.3) is 0 Å². The quantitative estimate of drug-likeness (QED) is 0.0658. The molecule has 1 aliphatic carbocycles. The van der Waals surface area contributed by atoms with E-state index in [0.717, 1.165) is 111 Å². The van der Waals surface area contributed by atoms with Gasteiger partial charge in [-0.25, -0.2) is 0 Å². The number of likely N-dealkylation sites (N-methyl/N-ethyl adjacent to an activating group) is 1. The monoisotopic (exact) mass is 1260 g/mol. The van der Waals surface area contributed by atoms with Gasteiger partial charge in [0.2, 0.25) is 0 Å². The molecule has 0 aromatic rings. The van der Waals surface area contributed by atoms with Crippen LogP contribution in [0.15, 0.2) is 0 Å². The van der Waals surface area contributed by atoms with E-state index in [2.05, 4.69) is 196 Å². The molecule has 1 atom stereocenters. The maximum absolute atomic E-state index is 10.1. The van der Waals surface area contributed by atoms with Gasteiger partial charge in [0.1, 0.15) is 5.78 Å². The van der Waals surface area contributed by atoms with E-state index in [4.69, 9.17) is 25.4 Å². The normalized spacial score (nSPS) is 15.8. The summed E-state index contributed by atoms with van der Waals surface area (Å²) in [5.41, 5.74) is 5.23. The van der Waals surface area contributed by atoms with Gasteiger partial charge in [-0.3, -0.25) is 9.69 Å². The molecule has 12 heteroatoms. The zero-order chi connectivity index (χ0) is 69.6. The minimum absolute atomic E-state index is 0.113. The number of nitrogens with one attached hydrogen (secondary N) is 1. The van der Waals surface area contributed by atoms with Crippen molar-refractivity contribution in [3.8, 4) is 0 Å². The number of carbonyl (C=O) groups excluding carboxylic acids is 1. The molecule has 88 heavy (non-hydrogen) atoms. The average molecular weight is 1260 g/mol. The van der Waals surface area contributed by atoms with Crippen LogP contribution < -0.4 is 11.1 Å². The summed E-state index contributed by atoms with van der Waals surface area (Å²) in [7, 11) is 8.17. The highest BCUT2D eigenvalue weighted by molar-refractivity contribution is 5.77. The van der Waals surface area contributed by atoms with Crippen molar-refractivity contribution in [3.05, 3.63) is 0 Å². The molecule has 4 rings (SSSR count). The summed E-state index contributed by atoms with van der Waals surface area (Å²) < 4.78 is 10.1. The Kier molecular flexibility index (Phi) is 82.5. The molecule has 0 amide bonds. The second-order valence-corrected chi connectivity index (χ2v) is 30.7.